The zero-order valence-corrected chi connectivity index (χ0v) is 16.0. The van der Waals surface area contributed by atoms with Gasteiger partial charge in [-0.3, -0.25) is 14.6 Å². The van der Waals surface area contributed by atoms with E-state index in [-0.39, 0.29) is 16.5 Å². The highest BCUT2D eigenvalue weighted by molar-refractivity contribution is 7.18. The fraction of sp³-hybridized carbons (Fsp3) is 0.105. The lowest BCUT2D eigenvalue weighted by Gasteiger charge is -2.05. The predicted octanol–water partition coefficient (Wildman–Crippen LogP) is 5.06. The van der Waals surface area contributed by atoms with Crippen molar-refractivity contribution in [2.45, 2.75) is 13.8 Å². The Bertz CT molecular complexity index is 1040. The first-order valence-corrected chi connectivity index (χ1v) is 9.14. The first-order valence-electron chi connectivity index (χ1n) is 7.94. The number of carbonyl (C=O) groups excluding carboxylic acids is 2. The molecule has 0 saturated heterocycles. The molecule has 0 spiro atoms. The number of hydrogen-bond acceptors (Lipinski definition) is 4. The van der Waals surface area contributed by atoms with Gasteiger partial charge in [-0.2, -0.15) is 0 Å². The van der Waals surface area contributed by atoms with E-state index < -0.39 is 11.7 Å². The predicted molar refractivity (Wildman–Crippen MR) is 105 cm³/mol. The van der Waals surface area contributed by atoms with Gasteiger partial charge in [0.1, 0.15) is 5.82 Å². The van der Waals surface area contributed by atoms with E-state index in [0.717, 1.165) is 34.7 Å². The summed E-state index contributed by atoms with van der Waals surface area (Å²) in [7, 11) is 0. The largest absolute Gasteiger partial charge is 0.321 e. The average molecular weight is 404 g/mol. The third-order valence-corrected chi connectivity index (χ3v) is 5.16. The van der Waals surface area contributed by atoms with E-state index in [2.05, 4.69) is 15.6 Å². The van der Waals surface area contributed by atoms with Gasteiger partial charge in [-0.05, 0) is 55.8 Å². The fourth-order valence-corrected chi connectivity index (χ4v) is 3.65. The summed E-state index contributed by atoms with van der Waals surface area (Å²) in [6, 6.07) is 8.72. The van der Waals surface area contributed by atoms with E-state index in [1.165, 1.54) is 6.07 Å². The number of anilines is 2. The maximum Gasteiger partial charge on any atom is 0.266 e. The van der Waals surface area contributed by atoms with Crippen LogP contribution >= 0.6 is 22.9 Å². The smallest absolute Gasteiger partial charge is 0.266 e. The van der Waals surface area contributed by atoms with Crippen molar-refractivity contribution in [2.24, 2.45) is 0 Å². The second-order valence-corrected chi connectivity index (χ2v) is 7.30. The highest BCUT2D eigenvalue weighted by Crippen LogP contribution is 2.28. The van der Waals surface area contributed by atoms with Gasteiger partial charge in [0.05, 0.1) is 20.5 Å². The Hall–Kier alpha value is -2.77. The SMILES string of the molecule is Cc1cc(NC(=O)c2sc(NC(=O)c3ccc(F)cc3Cl)cc2C)ccn1. The van der Waals surface area contributed by atoms with Crippen LogP contribution in [0.15, 0.2) is 42.6 Å². The number of amides is 2. The number of nitrogens with zero attached hydrogens (tertiary/aromatic N) is 1. The number of halogens is 2. The van der Waals surface area contributed by atoms with E-state index in [4.69, 9.17) is 11.6 Å². The molecule has 1 aromatic carbocycles. The quantitative estimate of drug-likeness (QED) is 0.639. The number of rotatable bonds is 4. The van der Waals surface area contributed by atoms with Gasteiger partial charge < -0.3 is 10.6 Å². The zero-order chi connectivity index (χ0) is 19.6. The molecule has 2 heterocycles. The van der Waals surface area contributed by atoms with Crippen LogP contribution < -0.4 is 10.6 Å². The molecular weight excluding hydrogens is 389 g/mol. The normalized spacial score (nSPS) is 10.5. The van der Waals surface area contributed by atoms with E-state index in [9.17, 15) is 14.0 Å². The minimum absolute atomic E-state index is 0.0202. The monoisotopic (exact) mass is 403 g/mol. The Morgan fingerprint density at radius 1 is 1.07 bits per heavy atom. The first-order chi connectivity index (χ1) is 12.8. The molecule has 5 nitrogen and oxygen atoms in total. The molecular formula is C19H15ClFN3O2S. The number of carbonyl (C=O) groups is 2. The van der Waals surface area contributed by atoms with Crippen LogP contribution in [0.1, 0.15) is 31.3 Å². The second-order valence-electron chi connectivity index (χ2n) is 5.84. The lowest BCUT2D eigenvalue weighted by Crippen LogP contribution is -2.12. The van der Waals surface area contributed by atoms with Gasteiger partial charge >= 0.3 is 0 Å². The van der Waals surface area contributed by atoms with Gasteiger partial charge in [0.15, 0.2) is 0 Å². The Kier molecular flexibility index (Phi) is 5.53. The molecule has 0 saturated carbocycles. The molecule has 3 aromatic rings. The summed E-state index contributed by atoms with van der Waals surface area (Å²) >= 11 is 7.06. The van der Waals surface area contributed by atoms with Crippen LogP contribution in [-0.4, -0.2) is 16.8 Å². The minimum atomic E-state index is -0.520. The summed E-state index contributed by atoms with van der Waals surface area (Å²) in [5.41, 5.74) is 2.31. The van der Waals surface area contributed by atoms with Gasteiger partial charge in [0.25, 0.3) is 11.8 Å². The maximum atomic E-state index is 13.1. The number of benzene rings is 1. The molecule has 0 bridgehead atoms. The minimum Gasteiger partial charge on any atom is -0.321 e. The molecule has 2 N–H and O–H groups in total. The molecule has 0 unspecified atom stereocenters. The standard InChI is InChI=1S/C19H15ClFN3O2S/c1-10-7-16(24-18(25)14-4-3-12(21)9-15(14)20)27-17(10)19(26)23-13-5-6-22-11(2)8-13/h3-9H,1-2H3,(H,24,25)(H,22,23,26). The number of nitrogens with one attached hydrogen (secondary N) is 2. The molecule has 27 heavy (non-hydrogen) atoms. The van der Waals surface area contributed by atoms with Gasteiger partial charge in [-0.1, -0.05) is 11.6 Å². The topological polar surface area (TPSA) is 71.1 Å². The van der Waals surface area contributed by atoms with Crippen LogP contribution in [0.3, 0.4) is 0 Å². The van der Waals surface area contributed by atoms with Crippen molar-refractivity contribution >= 4 is 45.4 Å². The molecule has 138 valence electrons. The summed E-state index contributed by atoms with van der Waals surface area (Å²) in [6.45, 7) is 3.62. The van der Waals surface area contributed by atoms with Crippen molar-refractivity contribution in [1.82, 2.24) is 4.98 Å². The van der Waals surface area contributed by atoms with Crippen molar-refractivity contribution in [1.29, 1.82) is 0 Å². The molecule has 0 aliphatic heterocycles. The first kappa shape index (κ1) is 19.0. The highest BCUT2D eigenvalue weighted by Gasteiger charge is 2.17. The lowest BCUT2D eigenvalue weighted by atomic mass is 10.2. The molecule has 0 radical (unpaired) electrons. The van der Waals surface area contributed by atoms with Gasteiger partial charge in [-0.25, -0.2) is 4.39 Å². The zero-order valence-electron chi connectivity index (χ0n) is 14.5. The number of aromatic nitrogens is 1. The van der Waals surface area contributed by atoms with E-state index in [1.54, 1.807) is 31.3 Å². The average Bonchev–Trinajstić information content (AvgIpc) is 2.95. The molecule has 0 atom stereocenters. The lowest BCUT2D eigenvalue weighted by molar-refractivity contribution is 0.102. The van der Waals surface area contributed by atoms with Crippen LogP contribution in [0.4, 0.5) is 15.1 Å². The molecule has 2 amide bonds. The summed E-state index contributed by atoms with van der Waals surface area (Å²) in [5, 5.41) is 6.01. The van der Waals surface area contributed by atoms with Crippen molar-refractivity contribution in [3.63, 3.8) is 0 Å². The van der Waals surface area contributed by atoms with Crippen molar-refractivity contribution in [3.05, 3.63) is 75.1 Å². The van der Waals surface area contributed by atoms with Crippen LogP contribution in [0.2, 0.25) is 5.02 Å². The Morgan fingerprint density at radius 3 is 2.56 bits per heavy atom. The number of thiophene rings is 1. The molecule has 0 fully saturated rings. The third kappa shape index (κ3) is 4.50. The molecule has 0 aliphatic carbocycles. The maximum absolute atomic E-state index is 13.1. The number of aryl methyl sites for hydroxylation is 2. The van der Waals surface area contributed by atoms with E-state index in [0.29, 0.717) is 15.6 Å². The molecule has 0 aliphatic rings. The molecule has 8 heteroatoms. The molecule has 3 rings (SSSR count). The Morgan fingerprint density at radius 2 is 1.85 bits per heavy atom. The number of hydrogen-bond donors (Lipinski definition) is 2. The second kappa shape index (κ2) is 7.85. The van der Waals surface area contributed by atoms with E-state index in [1.807, 2.05) is 6.92 Å². The van der Waals surface area contributed by atoms with Crippen molar-refractivity contribution < 1.29 is 14.0 Å². The Balaban J connectivity index is 1.75. The number of pyridine rings is 1. The summed E-state index contributed by atoms with van der Waals surface area (Å²) in [6.07, 6.45) is 1.62. The fourth-order valence-electron chi connectivity index (χ4n) is 2.43. The van der Waals surface area contributed by atoms with Crippen molar-refractivity contribution in [2.75, 3.05) is 10.6 Å². The highest BCUT2D eigenvalue weighted by atomic mass is 35.5. The third-order valence-electron chi connectivity index (χ3n) is 3.69. The molecule has 2 aromatic heterocycles. The summed E-state index contributed by atoms with van der Waals surface area (Å²) < 4.78 is 13.1. The summed E-state index contributed by atoms with van der Waals surface area (Å²) in [5.74, 6) is -1.27. The van der Waals surface area contributed by atoms with Crippen LogP contribution in [0.25, 0.3) is 0 Å². The van der Waals surface area contributed by atoms with Gasteiger partial charge in [-0.15, -0.1) is 11.3 Å². The van der Waals surface area contributed by atoms with Gasteiger partial charge in [0.2, 0.25) is 0 Å². The van der Waals surface area contributed by atoms with Crippen LogP contribution in [0.5, 0.6) is 0 Å². The summed E-state index contributed by atoms with van der Waals surface area (Å²) in [4.78, 5) is 29.4. The Labute approximate surface area is 164 Å². The van der Waals surface area contributed by atoms with Crippen LogP contribution in [-0.2, 0) is 0 Å². The van der Waals surface area contributed by atoms with Crippen LogP contribution in [0, 0.1) is 19.7 Å². The van der Waals surface area contributed by atoms with Crippen molar-refractivity contribution in [3.8, 4) is 0 Å². The van der Waals surface area contributed by atoms with Gasteiger partial charge in [0, 0.05) is 17.6 Å². The van der Waals surface area contributed by atoms with E-state index >= 15 is 0 Å².